The van der Waals surface area contributed by atoms with Crippen molar-refractivity contribution in [2.75, 3.05) is 32.1 Å². The zero-order valence-corrected chi connectivity index (χ0v) is 14.6. The predicted octanol–water partition coefficient (Wildman–Crippen LogP) is 3.72. The summed E-state index contributed by atoms with van der Waals surface area (Å²) in [6.45, 7) is 2.79. The van der Waals surface area contributed by atoms with Crippen LogP contribution in [0.3, 0.4) is 0 Å². The fraction of sp³-hybridized carbons (Fsp3) is 0.389. The molecule has 2 amide bonds. The van der Waals surface area contributed by atoms with Gasteiger partial charge in [-0.15, -0.1) is 11.3 Å². The molecule has 5 nitrogen and oxygen atoms in total. The quantitative estimate of drug-likeness (QED) is 0.839. The summed E-state index contributed by atoms with van der Waals surface area (Å²) in [5.74, 6) is 0.655. The maximum Gasteiger partial charge on any atom is 0.319 e. The van der Waals surface area contributed by atoms with Crippen LogP contribution in [0.2, 0.25) is 0 Å². The first kappa shape index (κ1) is 16.8. The first-order valence-electron chi connectivity index (χ1n) is 8.23. The van der Waals surface area contributed by atoms with Gasteiger partial charge in [0.25, 0.3) is 0 Å². The maximum atomic E-state index is 12.3. The highest BCUT2D eigenvalue weighted by Gasteiger charge is 2.24. The molecule has 0 aliphatic carbocycles. The molecular weight excluding hydrogens is 322 g/mol. The Bertz CT molecular complexity index is 654. The van der Waals surface area contributed by atoms with Crippen LogP contribution in [0.4, 0.5) is 10.5 Å². The van der Waals surface area contributed by atoms with Crippen molar-refractivity contribution in [2.24, 2.45) is 0 Å². The van der Waals surface area contributed by atoms with Crippen LogP contribution in [0.15, 0.2) is 41.8 Å². The van der Waals surface area contributed by atoms with Crippen molar-refractivity contribution in [3.63, 3.8) is 0 Å². The molecule has 0 radical (unpaired) electrons. The molecule has 2 N–H and O–H groups in total. The fourth-order valence-corrected chi connectivity index (χ4v) is 3.91. The Morgan fingerprint density at radius 2 is 2.04 bits per heavy atom. The van der Waals surface area contributed by atoms with E-state index in [2.05, 4.69) is 33.0 Å². The number of rotatable bonds is 6. The van der Waals surface area contributed by atoms with Crippen molar-refractivity contribution < 1.29 is 9.53 Å². The van der Waals surface area contributed by atoms with Gasteiger partial charge in [-0.25, -0.2) is 4.79 Å². The monoisotopic (exact) mass is 345 g/mol. The summed E-state index contributed by atoms with van der Waals surface area (Å²) in [7, 11) is 1.60. The smallest absolute Gasteiger partial charge is 0.319 e. The number of nitrogens with one attached hydrogen (secondary N) is 2. The Balaban J connectivity index is 1.61. The molecule has 1 atom stereocenters. The number of benzene rings is 1. The summed E-state index contributed by atoms with van der Waals surface area (Å²) in [5.41, 5.74) is 0.673. The molecule has 1 fully saturated rings. The molecule has 1 aliphatic rings. The number of ether oxygens (including phenoxy) is 1. The van der Waals surface area contributed by atoms with Crippen LogP contribution in [-0.4, -0.2) is 37.7 Å². The van der Waals surface area contributed by atoms with Gasteiger partial charge in [-0.05, 0) is 49.5 Å². The number of para-hydroxylation sites is 2. The van der Waals surface area contributed by atoms with Crippen LogP contribution in [0.25, 0.3) is 0 Å². The summed E-state index contributed by atoms with van der Waals surface area (Å²) in [5, 5.41) is 7.96. The molecule has 0 bridgehead atoms. The topological polar surface area (TPSA) is 53.6 Å². The van der Waals surface area contributed by atoms with Gasteiger partial charge in [-0.1, -0.05) is 18.2 Å². The Morgan fingerprint density at radius 3 is 2.75 bits per heavy atom. The largest absolute Gasteiger partial charge is 0.495 e. The molecule has 0 saturated carbocycles. The molecule has 1 aliphatic heterocycles. The lowest BCUT2D eigenvalue weighted by molar-refractivity contribution is 0.229. The number of nitrogens with zero attached hydrogens (tertiary/aromatic N) is 1. The number of thiophene rings is 1. The Labute approximate surface area is 146 Å². The van der Waals surface area contributed by atoms with Gasteiger partial charge in [0.05, 0.1) is 18.8 Å². The van der Waals surface area contributed by atoms with E-state index in [4.69, 9.17) is 4.74 Å². The second-order valence-corrected chi connectivity index (χ2v) is 6.79. The second kappa shape index (κ2) is 8.17. The third-order valence-corrected chi connectivity index (χ3v) is 5.24. The first-order valence-corrected chi connectivity index (χ1v) is 9.11. The maximum absolute atomic E-state index is 12.3. The van der Waals surface area contributed by atoms with Crippen molar-refractivity contribution in [1.29, 1.82) is 0 Å². The number of urea groups is 1. The fourth-order valence-electron chi connectivity index (χ4n) is 3.05. The number of likely N-dealkylation sites (tertiary alicyclic amines) is 1. The molecule has 1 aromatic heterocycles. The molecule has 6 heteroatoms. The third kappa shape index (κ3) is 4.07. The normalized spacial score (nSPS) is 15.9. The van der Waals surface area contributed by atoms with Crippen LogP contribution in [0.1, 0.15) is 23.8 Å². The van der Waals surface area contributed by atoms with E-state index in [1.54, 1.807) is 18.4 Å². The summed E-state index contributed by atoms with van der Waals surface area (Å²) < 4.78 is 5.26. The van der Waals surface area contributed by atoms with Crippen molar-refractivity contribution >= 4 is 23.1 Å². The predicted molar refractivity (Wildman–Crippen MR) is 97.9 cm³/mol. The minimum atomic E-state index is -0.208. The second-order valence-electron chi connectivity index (χ2n) is 5.81. The molecule has 0 spiro atoms. The van der Waals surface area contributed by atoms with Gasteiger partial charge in [-0.2, -0.15) is 0 Å². The standard InChI is InChI=1S/C18H23N3O2S/c1-23-16-8-3-2-7-14(16)20-18(22)19-13-15(17-9-6-12-24-17)21-10-4-5-11-21/h2-3,6-9,12,15H,4-5,10-11,13H2,1H3,(H2,19,20,22)/t15-/m1/s1. The Hall–Kier alpha value is -2.05. The highest BCUT2D eigenvalue weighted by atomic mass is 32.1. The number of anilines is 1. The number of carbonyl (C=O) groups excluding carboxylic acids is 1. The minimum absolute atomic E-state index is 0.208. The lowest BCUT2D eigenvalue weighted by Crippen LogP contribution is -2.38. The molecule has 2 heterocycles. The Kier molecular flexibility index (Phi) is 5.72. The molecule has 2 aromatic rings. The third-order valence-electron chi connectivity index (χ3n) is 4.26. The summed E-state index contributed by atoms with van der Waals surface area (Å²) in [4.78, 5) is 16.0. The van der Waals surface area contributed by atoms with E-state index in [1.807, 2.05) is 24.3 Å². The first-order chi connectivity index (χ1) is 11.8. The van der Waals surface area contributed by atoms with Crippen molar-refractivity contribution in [3.8, 4) is 5.75 Å². The van der Waals surface area contributed by atoms with Crippen molar-refractivity contribution in [3.05, 3.63) is 46.7 Å². The zero-order chi connectivity index (χ0) is 16.8. The number of methoxy groups -OCH3 is 1. The van der Waals surface area contributed by atoms with Crippen molar-refractivity contribution in [1.82, 2.24) is 10.2 Å². The van der Waals surface area contributed by atoms with Gasteiger partial charge in [0.2, 0.25) is 0 Å². The van der Waals surface area contributed by atoms with Gasteiger partial charge in [0, 0.05) is 11.4 Å². The number of hydrogen-bond acceptors (Lipinski definition) is 4. The zero-order valence-electron chi connectivity index (χ0n) is 13.8. The number of carbonyl (C=O) groups is 1. The highest BCUT2D eigenvalue weighted by Crippen LogP contribution is 2.28. The summed E-state index contributed by atoms with van der Waals surface area (Å²) in [6.07, 6.45) is 2.46. The van der Waals surface area contributed by atoms with E-state index < -0.39 is 0 Å². The van der Waals surface area contributed by atoms with E-state index in [-0.39, 0.29) is 12.1 Å². The van der Waals surface area contributed by atoms with Crippen LogP contribution in [0.5, 0.6) is 5.75 Å². The lowest BCUT2D eigenvalue weighted by Gasteiger charge is -2.27. The SMILES string of the molecule is COc1ccccc1NC(=O)NC[C@H](c1cccs1)N1CCCC1. The average molecular weight is 345 g/mol. The van der Waals surface area contributed by atoms with Gasteiger partial charge in [-0.3, -0.25) is 4.90 Å². The van der Waals surface area contributed by atoms with Crippen molar-refractivity contribution in [2.45, 2.75) is 18.9 Å². The van der Waals surface area contributed by atoms with E-state index in [0.29, 0.717) is 18.0 Å². The van der Waals surface area contributed by atoms with Gasteiger partial charge in [0.1, 0.15) is 5.75 Å². The molecule has 1 saturated heterocycles. The van der Waals surface area contributed by atoms with Gasteiger partial charge in [0.15, 0.2) is 0 Å². The van der Waals surface area contributed by atoms with Gasteiger partial charge < -0.3 is 15.4 Å². The average Bonchev–Trinajstić information content (AvgIpc) is 3.30. The molecule has 128 valence electrons. The molecule has 1 aromatic carbocycles. The van der Waals surface area contributed by atoms with Crippen LogP contribution >= 0.6 is 11.3 Å². The van der Waals surface area contributed by atoms with Crippen LogP contribution in [0, 0.1) is 0 Å². The number of hydrogen-bond donors (Lipinski definition) is 2. The molecular formula is C18H23N3O2S. The van der Waals surface area contributed by atoms with Crippen LogP contribution in [-0.2, 0) is 0 Å². The van der Waals surface area contributed by atoms with Gasteiger partial charge >= 0.3 is 6.03 Å². The van der Waals surface area contributed by atoms with Crippen LogP contribution < -0.4 is 15.4 Å². The minimum Gasteiger partial charge on any atom is -0.495 e. The van der Waals surface area contributed by atoms with E-state index >= 15 is 0 Å². The highest BCUT2D eigenvalue weighted by molar-refractivity contribution is 7.10. The molecule has 0 unspecified atom stereocenters. The number of amides is 2. The van der Waals surface area contributed by atoms with E-state index in [0.717, 1.165) is 13.1 Å². The summed E-state index contributed by atoms with van der Waals surface area (Å²) >= 11 is 1.75. The lowest BCUT2D eigenvalue weighted by atomic mass is 10.2. The molecule has 24 heavy (non-hydrogen) atoms. The van der Waals surface area contributed by atoms with E-state index in [9.17, 15) is 4.79 Å². The Morgan fingerprint density at radius 1 is 1.25 bits per heavy atom. The van der Waals surface area contributed by atoms with E-state index in [1.165, 1.54) is 17.7 Å². The molecule has 3 rings (SSSR count). The summed E-state index contributed by atoms with van der Waals surface area (Å²) in [6, 6.07) is 11.7.